The Hall–Kier alpha value is -2.28. The van der Waals surface area contributed by atoms with E-state index >= 15 is 0 Å². The van der Waals surface area contributed by atoms with Gasteiger partial charge in [-0.15, -0.1) is 0 Å². The van der Waals surface area contributed by atoms with Crippen molar-refractivity contribution in [1.29, 1.82) is 0 Å². The van der Waals surface area contributed by atoms with Gasteiger partial charge in [0.15, 0.2) is 11.5 Å². The predicted molar refractivity (Wildman–Crippen MR) is 72.1 cm³/mol. The number of methoxy groups -OCH3 is 2. The summed E-state index contributed by atoms with van der Waals surface area (Å²) in [4.78, 5) is 25.4. The third-order valence-corrected chi connectivity index (χ3v) is 3.46. The van der Waals surface area contributed by atoms with Gasteiger partial charge in [0.05, 0.1) is 25.9 Å². The number of hydrogen-bond donors (Lipinski definition) is 2. The SMILES string of the molecule is COC(=O)C1CC(O)CN1C(=O)c1cccc(OC)c1O. The molecule has 0 saturated carbocycles. The second-order valence-electron chi connectivity index (χ2n) is 4.74. The predicted octanol–water partition coefficient (Wildman–Crippen LogP) is 0.149. The molecule has 0 radical (unpaired) electrons. The number of phenolic OH excluding ortho intramolecular Hbond substituents is 1. The van der Waals surface area contributed by atoms with Crippen molar-refractivity contribution >= 4 is 11.9 Å². The van der Waals surface area contributed by atoms with E-state index in [4.69, 9.17) is 4.74 Å². The van der Waals surface area contributed by atoms with Gasteiger partial charge in [-0.3, -0.25) is 4.79 Å². The number of rotatable bonds is 3. The molecule has 1 aromatic carbocycles. The first kappa shape index (κ1) is 15.1. The molecule has 2 rings (SSSR count). The van der Waals surface area contributed by atoms with Gasteiger partial charge in [0.2, 0.25) is 0 Å². The number of carbonyl (C=O) groups is 2. The molecule has 2 atom stereocenters. The number of phenols is 1. The molecule has 1 aliphatic heterocycles. The number of benzene rings is 1. The monoisotopic (exact) mass is 295 g/mol. The minimum absolute atomic E-state index is 0.00918. The number of para-hydroxylation sites is 1. The van der Waals surface area contributed by atoms with E-state index in [0.29, 0.717) is 0 Å². The lowest BCUT2D eigenvalue weighted by atomic mass is 10.1. The van der Waals surface area contributed by atoms with Gasteiger partial charge in [0.1, 0.15) is 6.04 Å². The molecule has 2 unspecified atom stereocenters. The Balaban J connectivity index is 2.32. The minimum atomic E-state index is -0.858. The van der Waals surface area contributed by atoms with E-state index in [0.717, 1.165) is 0 Å². The number of amides is 1. The van der Waals surface area contributed by atoms with E-state index in [1.807, 2.05) is 0 Å². The van der Waals surface area contributed by atoms with Crippen molar-refractivity contribution in [3.8, 4) is 11.5 Å². The zero-order chi connectivity index (χ0) is 15.6. The quantitative estimate of drug-likeness (QED) is 0.771. The van der Waals surface area contributed by atoms with Crippen molar-refractivity contribution in [3.63, 3.8) is 0 Å². The standard InChI is InChI=1S/C14H17NO6/c1-20-11-5-3-4-9(12(11)17)13(18)15-7-8(16)6-10(15)14(19)21-2/h3-5,8,10,16-17H,6-7H2,1-2H3. The average molecular weight is 295 g/mol. The van der Waals surface area contributed by atoms with Gasteiger partial charge in [-0.1, -0.05) is 6.07 Å². The molecule has 0 aromatic heterocycles. The summed E-state index contributed by atoms with van der Waals surface area (Å²) in [7, 11) is 2.60. The molecule has 1 aliphatic rings. The lowest BCUT2D eigenvalue weighted by molar-refractivity contribution is -0.145. The second kappa shape index (κ2) is 6.01. The van der Waals surface area contributed by atoms with Crippen LogP contribution >= 0.6 is 0 Å². The van der Waals surface area contributed by atoms with Crippen LogP contribution in [0.4, 0.5) is 0 Å². The van der Waals surface area contributed by atoms with E-state index < -0.39 is 24.0 Å². The molecular weight excluding hydrogens is 278 g/mol. The third kappa shape index (κ3) is 2.78. The Morgan fingerprint density at radius 2 is 2.05 bits per heavy atom. The highest BCUT2D eigenvalue weighted by atomic mass is 16.5. The molecule has 1 amide bonds. The first-order valence-corrected chi connectivity index (χ1v) is 6.42. The Labute approximate surface area is 121 Å². The summed E-state index contributed by atoms with van der Waals surface area (Å²) in [6.07, 6.45) is -0.686. The zero-order valence-electron chi connectivity index (χ0n) is 11.8. The summed E-state index contributed by atoms with van der Waals surface area (Å²) in [5.74, 6) is -1.29. The van der Waals surface area contributed by atoms with Crippen LogP contribution in [0.2, 0.25) is 0 Å². The van der Waals surface area contributed by atoms with Crippen LogP contribution in [0.25, 0.3) is 0 Å². The number of nitrogens with zero attached hydrogens (tertiary/aromatic N) is 1. The van der Waals surface area contributed by atoms with Crippen LogP contribution in [0, 0.1) is 0 Å². The molecular formula is C14H17NO6. The highest BCUT2D eigenvalue weighted by molar-refractivity contribution is 6.00. The Morgan fingerprint density at radius 1 is 1.33 bits per heavy atom. The molecule has 7 nitrogen and oxygen atoms in total. The number of ether oxygens (including phenoxy) is 2. The number of esters is 1. The number of aliphatic hydroxyl groups excluding tert-OH is 1. The zero-order valence-corrected chi connectivity index (χ0v) is 11.8. The van der Waals surface area contributed by atoms with E-state index in [1.54, 1.807) is 6.07 Å². The summed E-state index contributed by atoms with van der Waals surface area (Å²) < 4.78 is 9.60. The summed E-state index contributed by atoms with van der Waals surface area (Å²) in [5, 5.41) is 19.7. The fourth-order valence-electron chi connectivity index (χ4n) is 2.41. The van der Waals surface area contributed by atoms with Crippen molar-refractivity contribution in [1.82, 2.24) is 4.90 Å². The van der Waals surface area contributed by atoms with Gasteiger partial charge in [0, 0.05) is 13.0 Å². The van der Waals surface area contributed by atoms with E-state index in [9.17, 15) is 19.8 Å². The Bertz CT molecular complexity index is 558. The average Bonchev–Trinajstić information content (AvgIpc) is 2.88. The summed E-state index contributed by atoms with van der Waals surface area (Å²) in [5.41, 5.74) is 0.0114. The van der Waals surface area contributed by atoms with Crippen LogP contribution in [0.5, 0.6) is 11.5 Å². The minimum Gasteiger partial charge on any atom is -0.504 e. The lowest BCUT2D eigenvalue weighted by Crippen LogP contribution is -2.41. The first-order valence-electron chi connectivity index (χ1n) is 6.42. The van der Waals surface area contributed by atoms with Gasteiger partial charge in [-0.2, -0.15) is 0 Å². The maximum Gasteiger partial charge on any atom is 0.328 e. The number of likely N-dealkylation sites (tertiary alicyclic amines) is 1. The van der Waals surface area contributed by atoms with E-state index in [-0.39, 0.29) is 30.0 Å². The van der Waals surface area contributed by atoms with Gasteiger partial charge in [0.25, 0.3) is 5.91 Å². The maximum atomic E-state index is 12.5. The number of carbonyl (C=O) groups excluding carboxylic acids is 2. The molecule has 7 heteroatoms. The highest BCUT2D eigenvalue weighted by Crippen LogP contribution is 2.32. The Morgan fingerprint density at radius 3 is 2.67 bits per heavy atom. The van der Waals surface area contributed by atoms with E-state index in [2.05, 4.69) is 4.74 Å². The van der Waals surface area contributed by atoms with Crippen molar-refractivity contribution in [3.05, 3.63) is 23.8 Å². The van der Waals surface area contributed by atoms with Crippen molar-refractivity contribution in [2.45, 2.75) is 18.6 Å². The molecule has 0 bridgehead atoms. The fourth-order valence-corrected chi connectivity index (χ4v) is 2.41. The van der Waals surface area contributed by atoms with Crippen LogP contribution in [-0.4, -0.2) is 59.9 Å². The van der Waals surface area contributed by atoms with E-state index in [1.165, 1.54) is 31.3 Å². The number of aromatic hydroxyl groups is 1. The number of β-amino-alcohol motifs (C(OH)–C–C–N with tert-alkyl or cyclic N) is 1. The molecule has 1 heterocycles. The largest absolute Gasteiger partial charge is 0.504 e. The summed E-state index contributed by atoms with van der Waals surface area (Å²) in [6.45, 7) is 0.00918. The number of aliphatic hydroxyl groups is 1. The summed E-state index contributed by atoms with van der Waals surface area (Å²) >= 11 is 0. The molecule has 2 N–H and O–H groups in total. The van der Waals surface area contributed by atoms with Crippen molar-refractivity contribution in [2.75, 3.05) is 20.8 Å². The smallest absolute Gasteiger partial charge is 0.328 e. The van der Waals surface area contributed by atoms with Crippen LogP contribution in [0.15, 0.2) is 18.2 Å². The molecule has 1 aromatic rings. The molecule has 21 heavy (non-hydrogen) atoms. The lowest BCUT2D eigenvalue weighted by Gasteiger charge is -2.23. The Kier molecular flexibility index (Phi) is 4.32. The molecule has 0 aliphatic carbocycles. The fraction of sp³-hybridized carbons (Fsp3) is 0.429. The molecule has 0 spiro atoms. The first-order chi connectivity index (χ1) is 9.99. The number of hydrogen-bond acceptors (Lipinski definition) is 6. The highest BCUT2D eigenvalue weighted by Gasteiger charge is 2.40. The third-order valence-electron chi connectivity index (χ3n) is 3.46. The van der Waals surface area contributed by atoms with Crippen LogP contribution in [-0.2, 0) is 9.53 Å². The molecule has 1 fully saturated rings. The molecule has 1 saturated heterocycles. The summed E-state index contributed by atoms with van der Waals surface area (Å²) in [6, 6.07) is 3.65. The normalized spacial score (nSPS) is 21.2. The molecule has 114 valence electrons. The van der Waals surface area contributed by atoms with Crippen LogP contribution in [0.1, 0.15) is 16.8 Å². The van der Waals surface area contributed by atoms with Crippen molar-refractivity contribution < 1.29 is 29.3 Å². The van der Waals surface area contributed by atoms with Crippen LogP contribution < -0.4 is 4.74 Å². The topological polar surface area (TPSA) is 96.3 Å². The maximum absolute atomic E-state index is 12.5. The van der Waals surface area contributed by atoms with Crippen LogP contribution in [0.3, 0.4) is 0 Å². The van der Waals surface area contributed by atoms with Gasteiger partial charge in [-0.05, 0) is 12.1 Å². The van der Waals surface area contributed by atoms with Gasteiger partial charge in [-0.25, -0.2) is 4.79 Å². The van der Waals surface area contributed by atoms with Crippen molar-refractivity contribution in [2.24, 2.45) is 0 Å². The van der Waals surface area contributed by atoms with Gasteiger partial charge < -0.3 is 24.6 Å². The second-order valence-corrected chi connectivity index (χ2v) is 4.74. The van der Waals surface area contributed by atoms with Gasteiger partial charge >= 0.3 is 5.97 Å².